The van der Waals surface area contributed by atoms with E-state index in [4.69, 9.17) is 5.26 Å². The fourth-order valence-electron chi connectivity index (χ4n) is 1.09. The minimum atomic E-state index is -0.0386. The molecule has 0 atom stereocenters. The number of nitriles is 1. The van der Waals surface area contributed by atoms with Crippen LogP contribution in [0.25, 0.3) is 0 Å². The Bertz CT molecular complexity index is 412. The zero-order chi connectivity index (χ0) is 12.0. The normalized spacial score (nSPS) is 9.31. The van der Waals surface area contributed by atoms with Gasteiger partial charge in [0.1, 0.15) is 11.8 Å². The number of anilines is 1. The molecular formula is C10H13N5O. The van der Waals surface area contributed by atoms with E-state index in [1.54, 1.807) is 19.0 Å². The Balaban J connectivity index is 2.62. The van der Waals surface area contributed by atoms with Crippen molar-refractivity contribution in [3.05, 3.63) is 18.0 Å². The van der Waals surface area contributed by atoms with Crippen LogP contribution in [0.1, 0.15) is 12.1 Å². The topological polar surface area (TPSA) is 81.9 Å². The highest BCUT2D eigenvalue weighted by molar-refractivity contribution is 5.76. The Hall–Kier alpha value is -2.16. The van der Waals surface area contributed by atoms with Crippen molar-refractivity contribution in [3.63, 3.8) is 0 Å². The monoisotopic (exact) mass is 219 g/mol. The van der Waals surface area contributed by atoms with Crippen molar-refractivity contribution in [3.8, 4) is 6.07 Å². The molecule has 0 saturated carbocycles. The quantitative estimate of drug-likeness (QED) is 0.766. The first-order valence-electron chi connectivity index (χ1n) is 4.82. The van der Waals surface area contributed by atoms with Crippen LogP contribution in [0.4, 0.5) is 5.95 Å². The maximum absolute atomic E-state index is 11.0. The number of rotatable bonds is 4. The molecule has 1 amide bonds. The largest absolute Gasteiger partial charge is 0.359 e. The van der Waals surface area contributed by atoms with Gasteiger partial charge in [-0.25, -0.2) is 9.97 Å². The van der Waals surface area contributed by atoms with E-state index < -0.39 is 0 Å². The van der Waals surface area contributed by atoms with Gasteiger partial charge in [-0.05, 0) is 6.07 Å². The molecule has 0 aliphatic heterocycles. The molecule has 0 spiro atoms. The molecule has 0 unspecified atom stereocenters. The second-order valence-corrected chi connectivity index (χ2v) is 3.20. The average Bonchev–Trinajstić information content (AvgIpc) is 2.35. The summed E-state index contributed by atoms with van der Waals surface area (Å²) in [5, 5.41) is 11.2. The lowest BCUT2D eigenvalue weighted by Gasteiger charge is -2.15. The highest BCUT2D eigenvalue weighted by atomic mass is 16.1. The summed E-state index contributed by atoms with van der Waals surface area (Å²) < 4.78 is 0. The molecule has 0 aliphatic rings. The first-order valence-corrected chi connectivity index (χ1v) is 4.82. The van der Waals surface area contributed by atoms with Crippen LogP contribution in [0.3, 0.4) is 0 Å². The summed E-state index contributed by atoms with van der Waals surface area (Å²) >= 11 is 0. The van der Waals surface area contributed by atoms with Crippen LogP contribution in [0.5, 0.6) is 0 Å². The summed E-state index contributed by atoms with van der Waals surface area (Å²) in [7, 11) is 3.37. The number of amides is 1. The Labute approximate surface area is 93.9 Å². The third-order valence-corrected chi connectivity index (χ3v) is 2.05. The number of hydrogen-bond acceptors (Lipinski definition) is 5. The van der Waals surface area contributed by atoms with Crippen molar-refractivity contribution in [2.45, 2.75) is 6.42 Å². The summed E-state index contributed by atoms with van der Waals surface area (Å²) in [4.78, 5) is 20.8. The van der Waals surface area contributed by atoms with E-state index in [1.165, 1.54) is 12.3 Å². The molecule has 0 aliphatic carbocycles. The van der Waals surface area contributed by atoms with Crippen molar-refractivity contribution in [2.75, 3.05) is 25.5 Å². The van der Waals surface area contributed by atoms with Crippen LogP contribution in [0, 0.1) is 11.3 Å². The van der Waals surface area contributed by atoms with Gasteiger partial charge in [-0.2, -0.15) is 5.26 Å². The van der Waals surface area contributed by atoms with E-state index in [2.05, 4.69) is 15.3 Å². The molecule has 0 saturated heterocycles. The van der Waals surface area contributed by atoms with Crippen LogP contribution >= 0.6 is 0 Å². The SMILES string of the molecule is CNC(=O)CCN(C)c1nccc(C#N)n1. The van der Waals surface area contributed by atoms with Crippen molar-refractivity contribution in [2.24, 2.45) is 0 Å². The predicted molar refractivity (Wildman–Crippen MR) is 58.7 cm³/mol. The first kappa shape index (κ1) is 11.9. The highest BCUT2D eigenvalue weighted by Gasteiger charge is 2.07. The molecule has 1 rings (SSSR count). The van der Waals surface area contributed by atoms with Gasteiger partial charge in [0, 0.05) is 33.3 Å². The summed E-state index contributed by atoms with van der Waals surface area (Å²) in [5.74, 6) is 0.409. The zero-order valence-electron chi connectivity index (χ0n) is 9.27. The van der Waals surface area contributed by atoms with Crippen LogP contribution in [0.2, 0.25) is 0 Å². The van der Waals surface area contributed by atoms with Crippen molar-refractivity contribution in [1.82, 2.24) is 15.3 Å². The molecule has 0 fully saturated rings. The van der Waals surface area contributed by atoms with Gasteiger partial charge in [-0.3, -0.25) is 4.79 Å². The molecule has 0 aromatic carbocycles. The van der Waals surface area contributed by atoms with E-state index in [9.17, 15) is 4.79 Å². The zero-order valence-corrected chi connectivity index (χ0v) is 9.27. The lowest BCUT2D eigenvalue weighted by molar-refractivity contribution is -0.120. The number of carbonyl (C=O) groups excluding carboxylic acids is 1. The van der Waals surface area contributed by atoms with Gasteiger partial charge in [-0.1, -0.05) is 0 Å². The minimum Gasteiger partial charge on any atom is -0.359 e. The van der Waals surface area contributed by atoms with Crippen molar-refractivity contribution in [1.29, 1.82) is 5.26 Å². The van der Waals surface area contributed by atoms with Crippen molar-refractivity contribution < 1.29 is 4.79 Å². The first-order chi connectivity index (χ1) is 7.67. The number of nitrogens with one attached hydrogen (secondary N) is 1. The number of aromatic nitrogens is 2. The number of carbonyl (C=O) groups is 1. The molecular weight excluding hydrogens is 206 g/mol. The molecule has 1 N–H and O–H groups in total. The Morgan fingerprint density at radius 2 is 2.44 bits per heavy atom. The van der Waals surface area contributed by atoms with Crippen LogP contribution < -0.4 is 10.2 Å². The lowest BCUT2D eigenvalue weighted by Crippen LogP contribution is -2.27. The minimum absolute atomic E-state index is 0.0386. The lowest BCUT2D eigenvalue weighted by atomic mass is 10.4. The molecule has 0 bridgehead atoms. The molecule has 6 nitrogen and oxygen atoms in total. The molecule has 6 heteroatoms. The molecule has 16 heavy (non-hydrogen) atoms. The van der Waals surface area contributed by atoms with Crippen LogP contribution in [0.15, 0.2) is 12.3 Å². The van der Waals surface area contributed by atoms with Gasteiger partial charge in [0.15, 0.2) is 0 Å². The van der Waals surface area contributed by atoms with E-state index in [1.807, 2.05) is 6.07 Å². The summed E-state index contributed by atoms with van der Waals surface area (Å²) in [6.07, 6.45) is 1.89. The third-order valence-electron chi connectivity index (χ3n) is 2.05. The highest BCUT2D eigenvalue weighted by Crippen LogP contribution is 2.05. The smallest absolute Gasteiger partial charge is 0.226 e. The van der Waals surface area contributed by atoms with Gasteiger partial charge in [-0.15, -0.1) is 0 Å². The third kappa shape index (κ3) is 3.20. The Morgan fingerprint density at radius 3 is 3.06 bits per heavy atom. The van der Waals surface area contributed by atoms with Gasteiger partial charge < -0.3 is 10.2 Å². The maximum Gasteiger partial charge on any atom is 0.226 e. The Kier molecular flexibility index (Phi) is 4.21. The van der Waals surface area contributed by atoms with Gasteiger partial charge >= 0.3 is 0 Å². The van der Waals surface area contributed by atoms with Crippen LogP contribution in [-0.2, 0) is 4.79 Å². The summed E-state index contributed by atoms with van der Waals surface area (Å²) in [5.41, 5.74) is 0.316. The molecule has 1 aromatic heterocycles. The molecule has 1 aromatic rings. The molecule has 0 radical (unpaired) electrons. The van der Waals surface area contributed by atoms with Gasteiger partial charge in [0.05, 0.1) is 0 Å². The number of nitrogens with zero attached hydrogens (tertiary/aromatic N) is 4. The van der Waals surface area contributed by atoms with Crippen molar-refractivity contribution >= 4 is 11.9 Å². The molecule has 84 valence electrons. The summed E-state index contributed by atoms with van der Waals surface area (Å²) in [6.45, 7) is 0.508. The average molecular weight is 219 g/mol. The number of hydrogen-bond donors (Lipinski definition) is 1. The predicted octanol–water partition coefficient (Wildman–Crippen LogP) is -0.0794. The molecule has 1 heterocycles. The van der Waals surface area contributed by atoms with Gasteiger partial charge in [0.25, 0.3) is 0 Å². The standard InChI is InChI=1S/C10H13N5O/c1-12-9(16)4-6-15(2)10-13-5-3-8(7-11)14-10/h3,5H,4,6H2,1-2H3,(H,12,16). The van der Waals surface area contributed by atoms with E-state index in [0.29, 0.717) is 24.6 Å². The second-order valence-electron chi connectivity index (χ2n) is 3.20. The van der Waals surface area contributed by atoms with E-state index >= 15 is 0 Å². The van der Waals surface area contributed by atoms with E-state index in [0.717, 1.165) is 0 Å². The van der Waals surface area contributed by atoms with Gasteiger partial charge in [0.2, 0.25) is 11.9 Å². The van der Waals surface area contributed by atoms with Crippen LogP contribution in [-0.4, -0.2) is 36.5 Å². The second kappa shape index (κ2) is 5.66. The fourth-order valence-corrected chi connectivity index (χ4v) is 1.09. The fraction of sp³-hybridized carbons (Fsp3) is 0.400. The summed E-state index contributed by atoms with van der Waals surface area (Å²) in [6, 6.07) is 3.48. The maximum atomic E-state index is 11.0. The van der Waals surface area contributed by atoms with E-state index in [-0.39, 0.29) is 5.91 Å². The Morgan fingerprint density at radius 1 is 1.69 bits per heavy atom.